The molecule has 0 aliphatic carbocycles. The summed E-state index contributed by atoms with van der Waals surface area (Å²) in [7, 11) is 2.08. The Balaban J connectivity index is 1.67. The maximum Gasteiger partial charge on any atom is 0.194 e. The zero-order valence-corrected chi connectivity index (χ0v) is 16.8. The number of aliphatic imine (C=N–C) groups is 1. The molecule has 0 saturated carbocycles. The third-order valence-corrected chi connectivity index (χ3v) is 5.23. The van der Waals surface area contributed by atoms with E-state index in [0.29, 0.717) is 6.54 Å². The first kappa shape index (κ1) is 17.9. The van der Waals surface area contributed by atoms with Crippen molar-refractivity contribution in [3.8, 4) is 0 Å². The standard InChI is InChI=1S/C18H22BrN5S/c1-3-20-18(23(2)9-8-16-5-4-10-25-16)21-11-15-13-24-12-14(19)6-7-17(24)22-15/h4-7,10,12-13H,3,8-9,11H2,1-2H3,(H,20,21). The van der Waals surface area contributed by atoms with E-state index in [1.807, 2.05) is 28.9 Å². The van der Waals surface area contributed by atoms with Crippen LogP contribution in [0, 0.1) is 0 Å². The smallest absolute Gasteiger partial charge is 0.194 e. The van der Waals surface area contributed by atoms with E-state index in [0.717, 1.165) is 41.3 Å². The Labute approximate surface area is 160 Å². The van der Waals surface area contributed by atoms with Gasteiger partial charge >= 0.3 is 0 Å². The van der Waals surface area contributed by atoms with Gasteiger partial charge in [-0.15, -0.1) is 11.3 Å². The maximum absolute atomic E-state index is 4.75. The first-order valence-corrected chi connectivity index (χ1v) is 9.98. The van der Waals surface area contributed by atoms with Gasteiger partial charge in [0.1, 0.15) is 5.65 Å². The monoisotopic (exact) mass is 419 g/mol. The van der Waals surface area contributed by atoms with E-state index in [2.05, 4.69) is 62.6 Å². The van der Waals surface area contributed by atoms with Crippen molar-refractivity contribution in [3.63, 3.8) is 0 Å². The highest BCUT2D eigenvalue weighted by molar-refractivity contribution is 9.10. The molecular weight excluding hydrogens is 398 g/mol. The van der Waals surface area contributed by atoms with Crippen molar-refractivity contribution >= 4 is 38.9 Å². The Kier molecular flexibility index (Phi) is 6.09. The number of fused-ring (bicyclic) bond motifs is 1. The number of aromatic nitrogens is 2. The molecule has 0 aromatic carbocycles. The third kappa shape index (κ3) is 4.83. The van der Waals surface area contributed by atoms with E-state index in [-0.39, 0.29) is 0 Å². The van der Waals surface area contributed by atoms with Crippen molar-refractivity contribution in [2.24, 2.45) is 4.99 Å². The molecule has 7 heteroatoms. The highest BCUT2D eigenvalue weighted by Crippen LogP contribution is 2.13. The molecule has 0 fully saturated rings. The highest BCUT2D eigenvalue weighted by Gasteiger charge is 2.07. The average molecular weight is 420 g/mol. The number of guanidine groups is 1. The summed E-state index contributed by atoms with van der Waals surface area (Å²) in [6, 6.07) is 8.27. The van der Waals surface area contributed by atoms with Crippen LogP contribution in [0.2, 0.25) is 0 Å². The van der Waals surface area contributed by atoms with E-state index in [1.165, 1.54) is 4.88 Å². The second-order valence-corrected chi connectivity index (χ2v) is 7.71. The lowest BCUT2D eigenvalue weighted by Crippen LogP contribution is -2.39. The average Bonchev–Trinajstić information content (AvgIpc) is 3.25. The van der Waals surface area contributed by atoms with Crippen LogP contribution in [-0.4, -0.2) is 40.4 Å². The normalized spacial score (nSPS) is 11.9. The van der Waals surface area contributed by atoms with Crippen LogP contribution in [0.3, 0.4) is 0 Å². The number of nitrogens with one attached hydrogen (secondary N) is 1. The molecule has 5 nitrogen and oxygen atoms in total. The van der Waals surface area contributed by atoms with Gasteiger partial charge in [0.15, 0.2) is 5.96 Å². The summed E-state index contributed by atoms with van der Waals surface area (Å²) in [5, 5.41) is 5.48. The molecular formula is C18H22BrN5S. The quantitative estimate of drug-likeness (QED) is 0.488. The zero-order chi connectivity index (χ0) is 17.6. The minimum atomic E-state index is 0.560. The molecule has 1 N–H and O–H groups in total. The first-order chi connectivity index (χ1) is 12.2. The van der Waals surface area contributed by atoms with Crippen LogP contribution >= 0.6 is 27.3 Å². The van der Waals surface area contributed by atoms with Gasteiger partial charge in [-0.1, -0.05) is 6.07 Å². The fraction of sp³-hybridized carbons (Fsp3) is 0.333. The van der Waals surface area contributed by atoms with Crippen LogP contribution in [0.1, 0.15) is 17.5 Å². The van der Waals surface area contributed by atoms with Gasteiger partial charge in [-0.3, -0.25) is 0 Å². The predicted octanol–water partition coefficient (Wildman–Crippen LogP) is 3.80. The van der Waals surface area contributed by atoms with Crippen LogP contribution in [0.25, 0.3) is 5.65 Å². The van der Waals surface area contributed by atoms with Gasteiger partial charge in [-0.2, -0.15) is 0 Å². The molecule has 0 aliphatic rings. The second-order valence-electron chi connectivity index (χ2n) is 5.77. The lowest BCUT2D eigenvalue weighted by molar-refractivity contribution is 0.486. The zero-order valence-electron chi connectivity index (χ0n) is 14.4. The molecule has 132 valence electrons. The molecule has 0 spiro atoms. The summed E-state index contributed by atoms with van der Waals surface area (Å²) in [4.78, 5) is 12.9. The molecule has 3 rings (SSSR count). The summed E-state index contributed by atoms with van der Waals surface area (Å²) in [6.45, 7) is 4.43. The third-order valence-electron chi connectivity index (χ3n) is 3.83. The summed E-state index contributed by atoms with van der Waals surface area (Å²) >= 11 is 5.29. The largest absolute Gasteiger partial charge is 0.357 e. The summed E-state index contributed by atoms with van der Waals surface area (Å²) in [5.41, 5.74) is 1.89. The number of thiophene rings is 1. The van der Waals surface area contributed by atoms with Crippen molar-refractivity contribution < 1.29 is 0 Å². The molecule has 0 saturated heterocycles. The number of likely N-dealkylation sites (N-methyl/N-ethyl adjacent to an activating group) is 1. The molecule has 0 atom stereocenters. The van der Waals surface area contributed by atoms with Crippen LogP contribution < -0.4 is 5.32 Å². The number of halogens is 1. The molecule has 0 unspecified atom stereocenters. The topological polar surface area (TPSA) is 44.9 Å². The van der Waals surface area contributed by atoms with Crippen molar-refractivity contribution in [1.29, 1.82) is 0 Å². The Morgan fingerprint density at radius 2 is 2.24 bits per heavy atom. The number of imidazole rings is 1. The number of nitrogens with zero attached hydrogens (tertiary/aromatic N) is 4. The Hall–Kier alpha value is -1.86. The molecule has 3 aromatic heterocycles. The Bertz CT molecular complexity index is 840. The van der Waals surface area contributed by atoms with E-state index in [4.69, 9.17) is 4.99 Å². The van der Waals surface area contributed by atoms with Crippen molar-refractivity contribution in [3.05, 3.63) is 57.1 Å². The van der Waals surface area contributed by atoms with Crippen molar-refractivity contribution in [2.75, 3.05) is 20.1 Å². The second kappa shape index (κ2) is 8.49. The van der Waals surface area contributed by atoms with Gasteiger partial charge < -0.3 is 14.6 Å². The fourth-order valence-electron chi connectivity index (χ4n) is 2.56. The van der Waals surface area contributed by atoms with Gasteiger partial charge in [-0.05, 0) is 52.9 Å². The van der Waals surface area contributed by atoms with Crippen LogP contribution in [0.4, 0.5) is 0 Å². The van der Waals surface area contributed by atoms with Crippen LogP contribution in [0.15, 0.2) is 51.5 Å². The van der Waals surface area contributed by atoms with E-state index >= 15 is 0 Å². The molecule has 3 heterocycles. The van der Waals surface area contributed by atoms with Gasteiger partial charge in [0.25, 0.3) is 0 Å². The van der Waals surface area contributed by atoms with Gasteiger partial charge in [0.05, 0.1) is 12.2 Å². The van der Waals surface area contributed by atoms with Gasteiger partial charge in [0, 0.05) is 41.9 Å². The van der Waals surface area contributed by atoms with Crippen LogP contribution in [-0.2, 0) is 13.0 Å². The highest BCUT2D eigenvalue weighted by atomic mass is 79.9. The molecule has 3 aromatic rings. The number of rotatable bonds is 6. The van der Waals surface area contributed by atoms with Gasteiger partial charge in [-0.25, -0.2) is 9.98 Å². The van der Waals surface area contributed by atoms with Gasteiger partial charge in [0.2, 0.25) is 0 Å². The molecule has 0 bridgehead atoms. The summed E-state index contributed by atoms with van der Waals surface area (Å²) in [5.74, 6) is 0.914. The molecule has 0 amide bonds. The lowest BCUT2D eigenvalue weighted by atomic mass is 10.3. The SMILES string of the molecule is CCNC(=NCc1cn2cc(Br)ccc2n1)N(C)CCc1cccs1. The number of hydrogen-bond donors (Lipinski definition) is 1. The number of pyridine rings is 1. The van der Waals surface area contributed by atoms with E-state index < -0.39 is 0 Å². The Morgan fingerprint density at radius 1 is 1.36 bits per heavy atom. The van der Waals surface area contributed by atoms with Crippen molar-refractivity contribution in [1.82, 2.24) is 19.6 Å². The fourth-order valence-corrected chi connectivity index (χ4v) is 3.61. The summed E-state index contributed by atoms with van der Waals surface area (Å²) < 4.78 is 3.05. The maximum atomic E-state index is 4.75. The minimum Gasteiger partial charge on any atom is -0.357 e. The predicted molar refractivity (Wildman–Crippen MR) is 108 cm³/mol. The molecule has 0 aliphatic heterocycles. The van der Waals surface area contributed by atoms with Crippen molar-refractivity contribution in [2.45, 2.75) is 19.9 Å². The summed E-state index contributed by atoms with van der Waals surface area (Å²) in [6.07, 6.45) is 5.06. The van der Waals surface area contributed by atoms with Crippen LogP contribution in [0.5, 0.6) is 0 Å². The minimum absolute atomic E-state index is 0.560. The Morgan fingerprint density at radius 3 is 3.00 bits per heavy atom. The first-order valence-electron chi connectivity index (χ1n) is 8.30. The molecule has 25 heavy (non-hydrogen) atoms. The van der Waals surface area contributed by atoms with E-state index in [1.54, 1.807) is 11.3 Å². The lowest BCUT2D eigenvalue weighted by Gasteiger charge is -2.21. The number of hydrogen-bond acceptors (Lipinski definition) is 3. The molecule has 0 radical (unpaired) electrons. The van der Waals surface area contributed by atoms with E-state index in [9.17, 15) is 0 Å².